The molecule has 0 saturated carbocycles. The Morgan fingerprint density at radius 1 is 1.10 bits per heavy atom. The number of aromatic nitrogens is 3. The van der Waals surface area contributed by atoms with E-state index in [9.17, 15) is 0 Å². The van der Waals surface area contributed by atoms with Crippen LogP contribution < -0.4 is 14.8 Å². The minimum absolute atomic E-state index is 0.205. The van der Waals surface area contributed by atoms with Crippen molar-refractivity contribution in [1.29, 1.82) is 0 Å². The number of methoxy groups -OCH3 is 1. The SMILES string of the molecule is CCCNc1nc(OC)nc(Oc2ccc(I)cc2)n1. The zero-order valence-electron chi connectivity index (χ0n) is 11.3. The monoisotopic (exact) mass is 386 g/mol. The minimum Gasteiger partial charge on any atom is -0.467 e. The molecule has 0 atom stereocenters. The second-order valence-electron chi connectivity index (χ2n) is 3.91. The standard InChI is InChI=1S/C13H15IN4O2/c1-3-8-15-11-16-12(19-2)18-13(17-11)20-10-6-4-9(14)5-7-10/h4-7H,3,8H2,1-2H3,(H,15,16,17,18). The van der Waals surface area contributed by atoms with Gasteiger partial charge in [0.15, 0.2) is 0 Å². The lowest BCUT2D eigenvalue weighted by Crippen LogP contribution is -2.07. The van der Waals surface area contributed by atoms with Gasteiger partial charge in [-0.2, -0.15) is 9.97 Å². The van der Waals surface area contributed by atoms with E-state index in [4.69, 9.17) is 9.47 Å². The quantitative estimate of drug-likeness (QED) is 0.770. The topological polar surface area (TPSA) is 69.2 Å². The fourth-order valence-electron chi connectivity index (χ4n) is 1.40. The van der Waals surface area contributed by atoms with Gasteiger partial charge in [-0.1, -0.05) is 6.92 Å². The summed E-state index contributed by atoms with van der Waals surface area (Å²) in [6, 6.07) is 8.04. The van der Waals surface area contributed by atoms with Crippen LogP contribution in [-0.2, 0) is 0 Å². The van der Waals surface area contributed by atoms with Gasteiger partial charge >= 0.3 is 12.0 Å². The van der Waals surface area contributed by atoms with E-state index in [-0.39, 0.29) is 12.0 Å². The minimum atomic E-state index is 0.205. The molecule has 0 amide bonds. The molecule has 2 aromatic rings. The van der Waals surface area contributed by atoms with Gasteiger partial charge in [0.05, 0.1) is 7.11 Å². The summed E-state index contributed by atoms with van der Waals surface area (Å²) in [6.45, 7) is 2.84. The molecule has 20 heavy (non-hydrogen) atoms. The molecule has 0 aliphatic carbocycles. The Hall–Kier alpha value is -1.64. The average Bonchev–Trinajstić information content (AvgIpc) is 2.47. The van der Waals surface area contributed by atoms with Crippen LogP contribution in [0.2, 0.25) is 0 Å². The first-order valence-corrected chi connectivity index (χ1v) is 7.26. The maximum absolute atomic E-state index is 5.61. The van der Waals surface area contributed by atoms with E-state index in [1.54, 1.807) is 0 Å². The molecule has 106 valence electrons. The number of anilines is 1. The molecule has 1 aromatic carbocycles. The Kier molecular flexibility index (Phi) is 5.33. The van der Waals surface area contributed by atoms with E-state index in [0.717, 1.165) is 16.5 Å². The van der Waals surface area contributed by atoms with Gasteiger partial charge in [0, 0.05) is 10.1 Å². The van der Waals surface area contributed by atoms with Crippen LogP contribution in [0.15, 0.2) is 24.3 Å². The number of rotatable bonds is 6. The highest BCUT2D eigenvalue weighted by Gasteiger charge is 2.08. The summed E-state index contributed by atoms with van der Waals surface area (Å²) in [7, 11) is 1.51. The summed E-state index contributed by atoms with van der Waals surface area (Å²) in [4.78, 5) is 12.4. The number of nitrogens with zero attached hydrogens (tertiary/aromatic N) is 3. The summed E-state index contributed by atoms with van der Waals surface area (Å²) in [6.07, 6.45) is 0.974. The molecule has 0 bridgehead atoms. The zero-order valence-corrected chi connectivity index (χ0v) is 13.4. The van der Waals surface area contributed by atoms with Crippen LogP contribution in [0.4, 0.5) is 5.95 Å². The normalized spacial score (nSPS) is 10.2. The van der Waals surface area contributed by atoms with E-state index >= 15 is 0 Å². The molecule has 0 unspecified atom stereocenters. The molecule has 6 nitrogen and oxygen atoms in total. The Balaban J connectivity index is 2.19. The molecular weight excluding hydrogens is 371 g/mol. The number of nitrogens with one attached hydrogen (secondary N) is 1. The van der Waals surface area contributed by atoms with Gasteiger partial charge in [0.25, 0.3) is 0 Å². The second-order valence-corrected chi connectivity index (χ2v) is 5.16. The number of hydrogen-bond acceptors (Lipinski definition) is 6. The third-order valence-corrected chi connectivity index (χ3v) is 3.05. The third kappa shape index (κ3) is 4.19. The van der Waals surface area contributed by atoms with Crippen molar-refractivity contribution in [1.82, 2.24) is 15.0 Å². The number of hydrogen-bond donors (Lipinski definition) is 1. The first-order valence-electron chi connectivity index (χ1n) is 6.18. The first kappa shape index (κ1) is 14.8. The summed E-state index contributed by atoms with van der Waals surface area (Å²) in [5.74, 6) is 1.11. The van der Waals surface area contributed by atoms with Crippen LogP contribution in [0.25, 0.3) is 0 Å². The highest BCUT2D eigenvalue weighted by Crippen LogP contribution is 2.21. The molecule has 1 heterocycles. The summed E-state index contributed by atoms with van der Waals surface area (Å²) < 4.78 is 11.8. The molecular formula is C13H15IN4O2. The van der Waals surface area contributed by atoms with Crippen LogP contribution in [0.3, 0.4) is 0 Å². The van der Waals surface area contributed by atoms with Crippen molar-refractivity contribution in [3.8, 4) is 17.8 Å². The van der Waals surface area contributed by atoms with Gasteiger partial charge < -0.3 is 14.8 Å². The van der Waals surface area contributed by atoms with Gasteiger partial charge in [0.2, 0.25) is 5.95 Å². The first-order chi connectivity index (χ1) is 9.71. The van der Waals surface area contributed by atoms with Crippen molar-refractivity contribution in [2.75, 3.05) is 19.0 Å². The molecule has 1 N–H and O–H groups in total. The van der Waals surface area contributed by atoms with Crippen molar-refractivity contribution < 1.29 is 9.47 Å². The number of halogens is 1. The molecule has 0 aliphatic rings. The van der Waals surface area contributed by atoms with Crippen LogP contribution in [0.1, 0.15) is 13.3 Å². The van der Waals surface area contributed by atoms with Crippen LogP contribution >= 0.6 is 22.6 Å². The van der Waals surface area contributed by atoms with E-state index in [1.165, 1.54) is 7.11 Å². The smallest absolute Gasteiger partial charge is 0.330 e. The number of ether oxygens (including phenoxy) is 2. The lowest BCUT2D eigenvalue weighted by atomic mass is 10.3. The Labute approximate surface area is 131 Å². The van der Waals surface area contributed by atoms with Gasteiger partial charge in [-0.15, -0.1) is 4.98 Å². The summed E-state index contributed by atoms with van der Waals surface area (Å²) in [5.41, 5.74) is 0. The van der Waals surface area contributed by atoms with Crippen molar-refractivity contribution in [2.45, 2.75) is 13.3 Å². The van der Waals surface area contributed by atoms with Crippen molar-refractivity contribution >= 4 is 28.5 Å². The van der Waals surface area contributed by atoms with E-state index in [1.807, 2.05) is 24.3 Å². The molecule has 0 spiro atoms. The third-order valence-electron chi connectivity index (χ3n) is 2.33. The molecule has 1 aromatic heterocycles. The molecule has 7 heteroatoms. The predicted octanol–water partition coefficient (Wildman–Crippen LogP) is 3.10. The Bertz CT molecular complexity index is 563. The van der Waals surface area contributed by atoms with Gasteiger partial charge in [-0.3, -0.25) is 0 Å². The second kappa shape index (κ2) is 7.22. The lowest BCUT2D eigenvalue weighted by molar-refractivity contribution is 0.360. The van der Waals surface area contributed by atoms with Crippen molar-refractivity contribution in [3.05, 3.63) is 27.8 Å². The summed E-state index contributed by atoms with van der Waals surface area (Å²) in [5, 5.41) is 3.08. The van der Waals surface area contributed by atoms with Gasteiger partial charge in [0.1, 0.15) is 5.75 Å². The maximum atomic E-state index is 5.61. The largest absolute Gasteiger partial charge is 0.467 e. The average molecular weight is 386 g/mol. The van der Waals surface area contributed by atoms with Gasteiger partial charge in [-0.25, -0.2) is 0 Å². The molecule has 0 saturated heterocycles. The van der Waals surface area contributed by atoms with E-state index < -0.39 is 0 Å². The fourth-order valence-corrected chi connectivity index (χ4v) is 1.76. The molecule has 0 radical (unpaired) electrons. The molecule has 0 fully saturated rings. The number of benzene rings is 1. The fraction of sp³-hybridized carbons (Fsp3) is 0.308. The summed E-state index contributed by atoms with van der Waals surface area (Å²) >= 11 is 2.23. The van der Waals surface area contributed by atoms with E-state index in [2.05, 4.69) is 49.8 Å². The van der Waals surface area contributed by atoms with E-state index in [0.29, 0.717) is 11.7 Å². The van der Waals surface area contributed by atoms with Gasteiger partial charge in [-0.05, 0) is 53.3 Å². The Morgan fingerprint density at radius 3 is 2.45 bits per heavy atom. The zero-order chi connectivity index (χ0) is 14.4. The predicted molar refractivity (Wildman–Crippen MR) is 84.4 cm³/mol. The highest BCUT2D eigenvalue weighted by molar-refractivity contribution is 14.1. The van der Waals surface area contributed by atoms with Crippen LogP contribution in [0.5, 0.6) is 17.8 Å². The molecule has 0 aliphatic heterocycles. The van der Waals surface area contributed by atoms with Crippen LogP contribution in [0, 0.1) is 3.57 Å². The van der Waals surface area contributed by atoms with Crippen molar-refractivity contribution in [2.24, 2.45) is 0 Å². The molecule has 2 rings (SSSR count). The van der Waals surface area contributed by atoms with Crippen LogP contribution in [-0.4, -0.2) is 28.6 Å². The lowest BCUT2D eigenvalue weighted by Gasteiger charge is -2.08. The highest BCUT2D eigenvalue weighted by atomic mass is 127. The van der Waals surface area contributed by atoms with Crippen molar-refractivity contribution in [3.63, 3.8) is 0 Å². The maximum Gasteiger partial charge on any atom is 0.330 e. The Morgan fingerprint density at radius 2 is 1.80 bits per heavy atom.